The van der Waals surface area contributed by atoms with Gasteiger partial charge in [0, 0.05) is 20.1 Å². The Hall–Kier alpha value is -2.57. The first-order valence-corrected chi connectivity index (χ1v) is 13.6. The second-order valence-corrected chi connectivity index (χ2v) is 11.5. The van der Waals surface area contributed by atoms with Gasteiger partial charge in [0.15, 0.2) is 5.96 Å². The van der Waals surface area contributed by atoms with Crippen LogP contribution in [0.5, 0.6) is 0 Å². The van der Waals surface area contributed by atoms with Gasteiger partial charge in [-0.2, -0.15) is 0 Å². The van der Waals surface area contributed by atoms with E-state index in [9.17, 15) is 9.59 Å². The maximum Gasteiger partial charge on any atom is 0.318 e. The first kappa shape index (κ1) is 24.1. The lowest BCUT2D eigenvalue weighted by molar-refractivity contribution is -0.131. The third-order valence-electron chi connectivity index (χ3n) is 9.07. The molecule has 4 aliphatic rings. The van der Waals surface area contributed by atoms with Crippen LogP contribution in [0.2, 0.25) is 0 Å². The number of guanidine groups is 1. The van der Waals surface area contributed by atoms with Crippen molar-refractivity contribution in [1.82, 2.24) is 15.1 Å². The third kappa shape index (κ3) is 5.05. The van der Waals surface area contributed by atoms with E-state index in [1.54, 1.807) is 11.9 Å². The summed E-state index contributed by atoms with van der Waals surface area (Å²) in [4.78, 5) is 34.7. The molecule has 3 fully saturated rings. The van der Waals surface area contributed by atoms with Crippen LogP contribution in [-0.2, 0) is 11.3 Å². The van der Waals surface area contributed by atoms with Crippen molar-refractivity contribution < 1.29 is 9.59 Å². The Bertz CT molecular complexity index is 959. The van der Waals surface area contributed by atoms with Crippen LogP contribution < -0.4 is 11.1 Å². The van der Waals surface area contributed by atoms with Crippen molar-refractivity contribution in [2.75, 3.05) is 13.6 Å². The maximum absolute atomic E-state index is 13.4. The minimum Gasteiger partial charge on any atom is -0.369 e. The van der Waals surface area contributed by atoms with E-state index >= 15 is 0 Å². The van der Waals surface area contributed by atoms with E-state index < -0.39 is 5.54 Å². The van der Waals surface area contributed by atoms with Crippen LogP contribution in [0.3, 0.4) is 0 Å². The van der Waals surface area contributed by atoms with Crippen molar-refractivity contribution in [1.29, 1.82) is 0 Å². The average molecular weight is 480 g/mol. The fraction of sp³-hybridized carbons (Fsp3) is 0.679. The molecule has 1 aromatic rings. The molecule has 1 saturated heterocycles. The monoisotopic (exact) mass is 479 g/mol. The average Bonchev–Trinajstić information content (AvgIpc) is 3.52. The first-order valence-electron chi connectivity index (χ1n) is 13.6. The summed E-state index contributed by atoms with van der Waals surface area (Å²) < 4.78 is 0. The normalized spacial score (nSPS) is 31.1. The molecule has 0 radical (unpaired) electrons. The van der Waals surface area contributed by atoms with Gasteiger partial charge in [0.05, 0.1) is 5.54 Å². The number of carbonyl (C=O) groups excluding carboxylic acids is 2. The van der Waals surface area contributed by atoms with Gasteiger partial charge in [-0.1, -0.05) is 75.3 Å². The van der Waals surface area contributed by atoms with E-state index in [1.165, 1.54) is 32.1 Å². The van der Waals surface area contributed by atoms with Gasteiger partial charge in [-0.25, -0.2) is 9.79 Å². The zero-order chi connectivity index (χ0) is 24.5. The number of nitrogens with zero attached hydrogens (tertiary/aromatic N) is 3. The Balaban J connectivity index is 1.21. The number of aliphatic imine (C=N–C) groups is 1. The van der Waals surface area contributed by atoms with Crippen molar-refractivity contribution in [3.8, 4) is 0 Å². The number of rotatable bonds is 7. The fourth-order valence-electron chi connectivity index (χ4n) is 6.99. The summed E-state index contributed by atoms with van der Waals surface area (Å²) in [5.74, 6) is 1.52. The van der Waals surface area contributed by atoms with Gasteiger partial charge in [0.25, 0.3) is 5.91 Å². The number of urea groups is 1. The standard InChI is InChI=1S/C28H41N5O2/c1-32-24(34)28(31-25(32)29,16-14-21-9-4-2-5-10-21)18-23-13-8-15-27(17-23)20-33(27)26(35)30-19-22-11-6-3-7-12-22/h3,6-7,11-12,21,23H,2,4-5,8-10,13-20H2,1H3,(H2,29,31)(H,30,35)/t23-,27?,28+,33?/m0/s1. The quantitative estimate of drug-likeness (QED) is 0.567. The molecule has 1 spiro atoms. The van der Waals surface area contributed by atoms with Crippen molar-refractivity contribution in [3.05, 3.63) is 35.9 Å². The van der Waals surface area contributed by atoms with Gasteiger partial charge >= 0.3 is 6.03 Å². The molecule has 5 rings (SSSR count). The van der Waals surface area contributed by atoms with Gasteiger partial charge in [0.2, 0.25) is 0 Å². The topological polar surface area (TPSA) is 90.8 Å². The molecule has 2 aliphatic carbocycles. The third-order valence-corrected chi connectivity index (χ3v) is 9.07. The van der Waals surface area contributed by atoms with Crippen LogP contribution >= 0.6 is 0 Å². The molecule has 2 saturated carbocycles. The molecule has 0 aromatic heterocycles. The van der Waals surface area contributed by atoms with Crippen LogP contribution in [-0.4, -0.2) is 52.4 Å². The number of hydrogen-bond acceptors (Lipinski definition) is 4. The largest absolute Gasteiger partial charge is 0.369 e. The lowest BCUT2D eigenvalue weighted by Crippen LogP contribution is -2.44. The van der Waals surface area contributed by atoms with Gasteiger partial charge in [-0.15, -0.1) is 0 Å². The summed E-state index contributed by atoms with van der Waals surface area (Å²) >= 11 is 0. The van der Waals surface area contributed by atoms with E-state index in [2.05, 4.69) is 5.32 Å². The molecule has 0 bridgehead atoms. The number of benzene rings is 1. The lowest BCUT2D eigenvalue weighted by Gasteiger charge is -2.35. The number of likely N-dealkylation sites (N-methyl/N-ethyl adjacent to an activating group) is 1. The molecule has 190 valence electrons. The van der Waals surface area contributed by atoms with Crippen LogP contribution in [0.25, 0.3) is 0 Å². The fourth-order valence-corrected chi connectivity index (χ4v) is 6.99. The van der Waals surface area contributed by atoms with Gasteiger partial charge < -0.3 is 16.0 Å². The minimum absolute atomic E-state index is 0.0282. The second-order valence-electron chi connectivity index (χ2n) is 11.5. The Kier molecular flexibility index (Phi) is 6.78. The highest BCUT2D eigenvalue weighted by atomic mass is 16.2. The van der Waals surface area contributed by atoms with Crippen LogP contribution in [0.1, 0.15) is 82.6 Å². The molecule has 35 heavy (non-hydrogen) atoms. The molecule has 3 amide bonds. The number of amides is 3. The zero-order valence-corrected chi connectivity index (χ0v) is 21.2. The molecule has 1 aromatic carbocycles. The molecular weight excluding hydrogens is 438 g/mol. The van der Waals surface area contributed by atoms with Crippen LogP contribution in [0.4, 0.5) is 4.79 Å². The molecule has 1 unspecified atom stereocenters. The molecule has 2 aliphatic heterocycles. The smallest absolute Gasteiger partial charge is 0.318 e. The van der Waals surface area contributed by atoms with Gasteiger partial charge in [-0.05, 0) is 49.5 Å². The highest BCUT2D eigenvalue weighted by molar-refractivity contribution is 6.06. The SMILES string of the molecule is CN1C(=O)[C@@](CCC2CCCCC2)(C[C@H]2CCCC3(C2)CN3C(=O)NCc2ccccc2)N=C1N. The summed E-state index contributed by atoms with van der Waals surface area (Å²) in [5.41, 5.74) is 6.51. The van der Waals surface area contributed by atoms with E-state index in [0.717, 1.165) is 57.1 Å². The minimum atomic E-state index is -0.714. The molecule has 2 heterocycles. The summed E-state index contributed by atoms with van der Waals surface area (Å²) in [6.07, 6.45) is 13.3. The highest BCUT2D eigenvalue weighted by Gasteiger charge is 2.58. The van der Waals surface area contributed by atoms with E-state index in [-0.39, 0.29) is 17.5 Å². The highest BCUT2D eigenvalue weighted by Crippen LogP contribution is 2.50. The maximum atomic E-state index is 13.4. The second kappa shape index (κ2) is 9.82. The summed E-state index contributed by atoms with van der Waals surface area (Å²) in [6, 6.07) is 10.1. The lowest BCUT2D eigenvalue weighted by atomic mass is 9.72. The first-order chi connectivity index (χ1) is 16.9. The Labute approximate surface area is 209 Å². The Morgan fingerprint density at radius 2 is 1.86 bits per heavy atom. The van der Waals surface area contributed by atoms with Crippen LogP contribution in [0, 0.1) is 11.8 Å². The van der Waals surface area contributed by atoms with Crippen molar-refractivity contribution in [2.45, 2.75) is 94.7 Å². The Morgan fingerprint density at radius 3 is 2.57 bits per heavy atom. The van der Waals surface area contributed by atoms with E-state index in [1.807, 2.05) is 35.2 Å². The predicted octanol–water partition coefficient (Wildman–Crippen LogP) is 4.42. The number of hydrogen-bond donors (Lipinski definition) is 2. The number of nitrogens with two attached hydrogens (primary N) is 1. The van der Waals surface area contributed by atoms with Crippen molar-refractivity contribution in [2.24, 2.45) is 22.6 Å². The molecule has 7 nitrogen and oxygen atoms in total. The number of carbonyl (C=O) groups is 2. The van der Waals surface area contributed by atoms with E-state index in [0.29, 0.717) is 24.3 Å². The molecule has 3 atom stereocenters. The van der Waals surface area contributed by atoms with Crippen molar-refractivity contribution >= 4 is 17.9 Å². The predicted molar refractivity (Wildman–Crippen MR) is 138 cm³/mol. The number of nitrogens with one attached hydrogen (secondary N) is 1. The van der Waals surface area contributed by atoms with Gasteiger partial charge in [-0.3, -0.25) is 9.69 Å². The molecular formula is C28H41N5O2. The van der Waals surface area contributed by atoms with E-state index in [4.69, 9.17) is 10.7 Å². The summed E-state index contributed by atoms with van der Waals surface area (Å²) in [7, 11) is 1.76. The van der Waals surface area contributed by atoms with Gasteiger partial charge in [0.1, 0.15) is 5.54 Å². The zero-order valence-electron chi connectivity index (χ0n) is 21.2. The summed E-state index contributed by atoms with van der Waals surface area (Å²) in [6.45, 7) is 1.37. The summed E-state index contributed by atoms with van der Waals surface area (Å²) in [5, 5.41) is 3.09. The molecule has 7 heteroatoms. The Morgan fingerprint density at radius 1 is 1.11 bits per heavy atom. The van der Waals surface area contributed by atoms with Crippen molar-refractivity contribution in [3.63, 3.8) is 0 Å². The molecule has 3 N–H and O–H groups in total. The van der Waals surface area contributed by atoms with Crippen LogP contribution in [0.15, 0.2) is 35.3 Å².